The summed E-state index contributed by atoms with van der Waals surface area (Å²) >= 11 is 0. The number of aromatic amines is 1. The molecule has 1 N–H and O–H groups in total. The van der Waals surface area contributed by atoms with Crippen molar-refractivity contribution < 1.29 is 4.74 Å². The van der Waals surface area contributed by atoms with Crippen LogP contribution in [0.3, 0.4) is 0 Å². The van der Waals surface area contributed by atoms with E-state index in [1.54, 1.807) is 12.5 Å². The number of rotatable bonds is 8. The number of piperidine rings is 1. The highest BCUT2D eigenvalue weighted by Gasteiger charge is 2.23. The molecule has 7 heteroatoms. The lowest BCUT2D eigenvalue weighted by Crippen LogP contribution is -2.34. The fraction of sp³-hybridized carbons (Fsp3) is 0.450. The predicted molar refractivity (Wildman–Crippen MR) is 102 cm³/mol. The molecule has 1 aliphatic heterocycles. The lowest BCUT2D eigenvalue weighted by molar-refractivity contribution is 0.196. The van der Waals surface area contributed by atoms with Gasteiger partial charge in [-0.15, -0.1) is 0 Å². The number of nitrogens with one attached hydrogen (secondary N) is 1. The summed E-state index contributed by atoms with van der Waals surface area (Å²) in [6.45, 7) is 4.77. The van der Waals surface area contributed by atoms with Gasteiger partial charge in [-0.2, -0.15) is 5.10 Å². The van der Waals surface area contributed by atoms with Crippen molar-refractivity contribution in [2.24, 2.45) is 0 Å². The quantitative estimate of drug-likeness (QED) is 0.621. The molecule has 4 rings (SSSR count). The van der Waals surface area contributed by atoms with Crippen molar-refractivity contribution in [1.29, 1.82) is 0 Å². The minimum Gasteiger partial charge on any atom is -0.494 e. The monoisotopic (exact) mass is 366 g/mol. The second kappa shape index (κ2) is 8.81. The van der Waals surface area contributed by atoms with Crippen LogP contribution < -0.4 is 4.74 Å². The predicted octanol–water partition coefficient (Wildman–Crippen LogP) is 2.85. The number of imidazole rings is 1. The van der Waals surface area contributed by atoms with Crippen molar-refractivity contribution in [2.75, 3.05) is 19.7 Å². The molecule has 0 amide bonds. The second-order valence-electron chi connectivity index (χ2n) is 7.09. The molecule has 27 heavy (non-hydrogen) atoms. The molecule has 0 unspecified atom stereocenters. The number of H-pyrrole nitrogens is 1. The molecule has 1 aromatic carbocycles. The maximum Gasteiger partial charge on any atom is 0.137 e. The molecular formula is C20H26N6O. The molecule has 0 aliphatic carbocycles. The van der Waals surface area contributed by atoms with E-state index in [-0.39, 0.29) is 0 Å². The molecule has 0 radical (unpaired) electrons. The Hall–Kier alpha value is -2.67. The van der Waals surface area contributed by atoms with Crippen LogP contribution in [0, 0.1) is 0 Å². The van der Waals surface area contributed by atoms with Crippen molar-refractivity contribution in [2.45, 2.75) is 38.3 Å². The van der Waals surface area contributed by atoms with Gasteiger partial charge in [0.1, 0.15) is 17.9 Å². The first-order valence-corrected chi connectivity index (χ1v) is 9.62. The summed E-state index contributed by atoms with van der Waals surface area (Å²) in [7, 11) is 0. The molecule has 2 aromatic heterocycles. The van der Waals surface area contributed by atoms with Crippen molar-refractivity contribution in [3.63, 3.8) is 0 Å². The number of benzene rings is 1. The van der Waals surface area contributed by atoms with E-state index in [0.29, 0.717) is 12.5 Å². The average Bonchev–Trinajstić information content (AvgIpc) is 3.41. The standard InChI is InChI=1S/C20H26N6O/c1-3-18(20-22-15-23-24-20)14-26(9-1)13-17-4-6-19(7-5-17)27-12-2-10-25-11-8-21-16-25/h4-8,11,15-16,18H,1-3,9-10,12-14H2,(H,22,23,24)/t18-/m0/s1. The third-order valence-corrected chi connectivity index (χ3v) is 5.04. The largest absolute Gasteiger partial charge is 0.494 e. The second-order valence-corrected chi connectivity index (χ2v) is 7.09. The van der Waals surface area contributed by atoms with Crippen molar-refractivity contribution >= 4 is 0 Å². The van der Waals surface area contributed by atoms with Gasteiger partial charge in [0.25, 0.3) is 0 Å². The number of hydrogen-bond donors (Lipinski definition) is 1. The minimum absolute atomic E-state index is 0.458. The van der Waals surface area contributed by atoms with E-state index in [2.05, 4.69) is 53.9 Å². The molecule has 3 aromatic rings. The smallest absolute Gasteiger partial charge is 0.137 e. The van der Waals surface area contributed by atoms with E-state index < -0.39 is 0 Å². The van der Waals surface area contributed by atoms with E-state index in [4.69, 9.17) is 4.74 Å². The molecule has 0 bridgehead atoms. The summed E-state index contributed by atoms with van der Waals surface area (Å²) in [5, 5.41) is 7.01. The van der Waals surface area contributed by atoms with Crippen LogP contribution in [-0.2, 0) is 13.1 Å². The van der Waals surface area contributed by atoms with Gasteiger partial charge < -0.3 is 9.30 Å². The number of hydrogen-bond acceptors (Lipinski definition) is 5. The highest BCUT2D eigenvalue weighted by Crippen LogP contribution is 2.25. The summed E-state index contributed by atoms with van der Waals surface area (Å²) < 4.78 is 7.92. The zero-order chi connectivity index (χ0) is 18.3. The van der Waals surface area contributed by atoms with Crippen LogP contribution in [-0.4, -0.2) is 49.3 Å². The van der Waals surface area contributed by atoms with Gasteiger partial charge in [-0.1, -0.05) is 12.1 Å². The molecule has 3 heterocycles. The number of likely N-dealkylation sites (tertiary alicyclic amines) is 1. The highest BCUT2D eigenvalue weighted by molar-refractivity contribution is 5.27. The first-order chi connectivity index (χ1) is 13.4. The van der Waals surface area contributed by atoms with Gasteiger partial charge in [-0.25, -0.2) is 9.97 Å². The van der Waals surface area contributed by atoms with E-state index in [9.17, 15) is 0 Å². The number of ether oxygens (including phenoxy) is 1. The van der Waals surface area contributed by atoms with E-state index in [1.165, 1.54) is 18.4 Å². The maximum absolute atomic E-state index is 5.85. The van der Waals surface area contributed by atoms with Crippen molar-refractivity contribution in [1.82, 2.24) is 29.6 Å². The SMILES string of the molecule is c1cn(CCCOc2ccc(CN3CCC[C@H](c4ncn[nH]4)C3)cc2)cn1. The normalized spacial score (nSPS) is 17.9. The first-order valence-electron chi connectivity index (χ1n) is 9.62. The van der Waals surface area contributed by atoms with Crippen LogP contribution >= 0.6 is 0 Å². The maximum atomic E-state index is 5.85. The van der Waals surface area contributed by atoms with E-state index in [1.807, 2.05) is 12.5 Å². The summed E-state index contributed by atoms with van der Waals surface area (Å²) in [5.41, 5.74) is 1.32. The third-order valence-electron chi connectivity index (χ3n) is 5.04. The zero-order valence-electron chi connectivity index (χ0n) is 15.5. The zero-order valence-corrected chi connectivity index (χ0v) is 15.5. The summed E-state index contributed by atoms with van der Waals surface area (Å²) in [6.07, 6.45) is 10.6. The number of aromatic nitrogens is 5. The molecule has 1 atom stereocenters. The van der Waals surface area contributed by atoms with Crippen LogP contribution in [0.4, 0.5) is 0 Å². The Morgan fingerprint density at radius 3 is 2.93 bits per heavy atom. The van der Waals surface area contributed by atoms with Crippen LogP contribution in [0.5, 0.6) is 5.75 Å². The lowest BCUT2D eigenvalue weighted by atomic mass is 9.97. The molecule has 1 fully saturated rings. The molecular weight excluding hydrogens is 340 g/mol. The van der Waals surface area contributed by atoms with Gasteiger partial charge >= 0.3 is 0 Å². The van der Waals surface area contributed by atoms with Crippen LogP contribution in [0.15, 0.2) is 49.3 Å². The number of nitrogens with zero attached hydrogens (tertiary/aromatic N) is 5. The highest BCUT2D eigenvalue weighted by atomic mass is 16.5. The Bertz CT molecular complexity index is 785. The Labute approximate surface area is 159 Å². The Morgan fingerprint density at radius 2 is 2.15 bits per heavy atom. The van der Waals surface area contributed by atoms with E-state index in [0.717, 1.165) is 44.2 Å². The van der Waals surface area contributed by atoms with Crippen LogP contribution in [0.2, 0.25) is 0 Å². The first kappa shape index (κ1) is 17.7. The van der Waals surface area contributed by atoms with Gasteiger partial charge in [-0.05, 0) is 43.5 Å². The average molecular weight is 366 g/mol. The van der Waals surface area contributed by atoms with E-state index >= 15 is 0 Å². The fourth-order valence-corrected chi connectivity index (χ4v) is 3.64. The molecule has 1 aliphatic rings. The van der Waals surface area contributed by atoms with Crippen LogP contribution in [0.1, 0.15) is 36.6 Å². The third kappa shape index (κ3) is 4.95. The molecule has 0 saturated carbocycles. The summed E-state index contributed by atoms with van der Waals surface area (Å²) in [4.78, 5) is 10.9. The molecule has 1 saturated heterocycles. The molecule has 7 nitrogen and oxygen atoms in total. The molecule has 142 valence electrons. The summed E-state index contributed by atoms with van der Waals surface area (Å²) in [5.74, 6) is 2.40. The molecule has 0 spiro atoms. The van der Waals surface area contributed by atoms with Crippen LogP contribution in [0.25, 0.3) is 0 Å². The van der Waals surface area contributed by atoms with Crippen molar-refractivity contribution in [3.05, 3.63) is 60.7 Å². The fourth-order valence-electron chi connectivity index (χ4n) is 3.64. The minimum atomic E-state index is 0.458. The topological polar surface area (TPSA) is 71.9 Å². The van der Waals surface area contributed by atoms with Gasteiger partial charge in [0.05, 0.1) is 12.9 Å². The van der Waals surface area contributed by atoms with Gasteiger partial charge in [0.2, 0.25) is 0 Å². The lowest BCUT2D eigenvalue weighted by Gasteiger charge is -2.31. The Balaban J connectivity index is 1.22. The number of aryl methyl sites for hydroxylation is 1. The Morgan fingerprint density at radius 1 is 1.22 bits per heavy atom. The Kier molecular flexibility index (Phi) is 5.79. The van der Waals surface area contributed by atoms with Gasteiger partial charge in [0, 0.05) is 37.9 Å². The van der Waals surface area contributed by atoms with Gasteiger partial charge in [-0.3, -0.25) is 10.00 Å². The van der Waals surface area contributed by atoms with Gasteiger partial charge in [0.15, 0.2) is 0 Å². The van der Waals surface area contributed by atoms with Crippen molar-refractivity contribution in [3.8, 4) is 5.75 Å². The summed E-state index contributed by atoms with van der Waals surface area (Å²) in [6, 6.07) is 8.49.